The predicted octanol–water partition coefficient (Wildman–Crippen LogP) is 1.95. The van der Waals surface area contributed by atoms with Crippen molar-refractivity contribution in [2.75, 3.05) is 29.2 Å². The fraction of sp³-hybridized carbons (Fsp3) is 0.200. The van der Waals surface area contributed by atoms with Gasteiger partial charge in [0.25, 0.3) is 5.91 Å². The standard InChI is InChI=1S/C15H15F3N6O2S/c1-27-13-10(11(19)26)12(23-14(20)24-13)21-6-9(25)22-8-4-2-3-7(5-8)15(16,17)18/h2-5H,6H2,1H3,(H2,19,26)(H,22,25)(H3,20,21,23,24). The maximum atomic E-state index is 12.7. The Bertz CT molecular complexity index is 875. The molecule has 0 atom stereocenters. The lowest BCUT2D eigenvalue weighted by Gasteiger charge is -2.13. The Balaban J connectivity index is 2.13. The summed E-state index contributed by atoms with van der Waals surface area (Å²) in [6, 6.07) is 4.19. The number of aromatic nitrogens is 2. The lowest BCUT2D eigenvalue weighted by molar-refractivity contribution is -0.137. The molecule has 1 aromatic heterocycles. The molecule has 0 unspecified atom stereocenters. The van der Waals surface area contributed by atoms with Gasteiger partial charge in [0.1, 0.15) is 16.4 Å². The minimum absolute atomic E-state index is 0.0289. The second-order valence-electron chi connectivity index (χ2n) is 5.16. The van der Waals surface area contributed by atoms with Crippen molar-refractivity contribution in [1.82, 2.24) is 9.97 Å². The summed E-state index contributed by atoms with van der Waals surface area (Å²) in [7, 11) is 0. The normalized spacial score (nSPS) is 11.1. The van der Waals surface area contributed by atoms with Crippen LogP contribution in [0.2, 0.25) is 0 Å². The Kier molecular flexibility index (Phi) is 6.10. The number of nitrogens with one attached hydrogen (secondary N) is 2. The van der Waals surface area contributed by atoms with E-state index in [1.165, 1.54) is 12.1 Å². The molecule has 144 valence electrons. The number of nitrogens with two attached hydrogens (primary N) is 2. The van der Waals surface area contributed by atoms with Crippen LogP contribution in [0.5, 0.6) is 0 Å². The molecule has 0 aliphatic heterocycles. The molecule has 2 rings (SSSR count). The maximum Gasteiger partial charge on any atom is 0.416 e. The third-order valence-electron chi connectivity index (χ3n) is 3.22. The Morgan fingerprint density at radius 3 is 2.56 bits per heavy atom. The number of benzene rings is 1. The smallest absolute Gasteiger partial charge is 0.368 e. The molecule has 1 heterocycles. The highest BCUT2D eigenvalue weighted by molar-refractivity contribution is 7.98. The van der Waals surface area contributed by atoms with E-state index in [1.54, 1.807) is 6.26 Å². The first kappa shape index (κ1) is 20.3. The number of halogens is 3. The van der Waals surface area contributed by atoms with E-state index in [1.807, 2.05) is 0 Å². The van der Waals surface area contributed by atoms with Crippen LogP contribution < -0.4 is 22.1 Å². The molecule has 0 saturated heterocycles. The fourth-order valence-corrected chi connectivity index (χ4v) is 2.68. The molecule has 2 aromatic rings. The van der Waals surface area contributed by atoms with Crippen LogP contribution in [-0.2, 0) is 11.0 Å². The lowest BCUT2D eigenvalue weighted by Crippen LogP contribution is -2.25. The molecule has 0 radical (unpaired) electrons. The minimum atomic E-state index is -4.53. The molecule has 12 heteroatoms. The van der Waals surface area contributed by atoms with E-state index < -0.39 is 23.6 Å². The second kappa shape index (κ2) is 8.12. The van der Waals surface area contributed by atoms with Crippen molar-refractivity contribution in [1.29, 1.82) is 0 Å². The Morgan fingerprint density at radius 1 is 1.26 bits per heavy atom. The summed E-state index contributed by atoms with van der Waals surface area (Å²) in [5, 5.41) is 5.15. The van der Waals surface area contributed by atoms with Gasteiger partial charge >= 0.3 is 6.18 Å². The average molecular weight is 400 g/mol. The number of anilines is 3. The van der Waals surface area contributed by atoms with Gasteiger partial charge in [0.15, 0.2) is 0 Å². The topological polar surface area (TPSA) is 136 Å². The van der Waals surface area contributed by atoms with Gasteiger partial charge < -0.3 is 22.1 Å². The van der Waals surface area contributed by atoms with Crippen molar-refractivity contribution in [2.24, 2.45) is 5.73 Å². The molecule has 0 fully saturated rings. The molecule has 0 bridgehead atoms. The highest BCUT2D eigenvalue weighted by Gasteiger charge is 2.30. The molecule has 1 aromatic carbocycles. The summed E-state index contributed by atoms with van der Waals surface area (Å²) >= 11 is 1.11. The van der Waals surface area contributed by atoms with Crippen molar-refractivity contribution in [2.45, 2.75) is 11.2 Å². The summed E-state index contributed by atoms with van der Waals surface area (Å²) < 4.78 is 38.1. The van der Waals surface area contributed by atoms with E-state index in [0.717, 1.165) is 23.9 Å². The third-order valence-corrected chi connectivity index (χ3v) is 3.91. The number of hydrogen-bond acceptors (Lipinski definition) is 7. The number of alkyl halides is 3. The van der Waals surface area contributed by atoms with E-state index in [4.69, 9.17) is 11.5 Å². The van der Waals surface area contributed by atoms with Crippen LogP contribution in [0.15, 0.2) is 29.3 Å². The van der Waals surface area contributed by atoms with Crippen molar-refractivity contribution < 1.29 is 22.8 Å². The Morgan fingerprint density at radius 2 is 1.96 bits per heavy atom. The quantitative estimate of drug-likeness (QED) is 0.430. The van der Waals surface area contributed by atoms with Crippen LogP contribution in [0.4, 0.5) is 30.6 Å². The van der Waals surface area contributed by atoms with Crippen molar-refractivity contribution in [3.63, 3.8) is 0 Å². The fourth-order valence-electron chi connectivity index (χ4n) is 2.10. The second-order valence-corrected chi connectivity index (χ2v) is 5.95. The van der Waals surface area contributed by atoms with Crippen LogP contribution in [0, 0.1) is 0 Å². The Labute approximate surface area is 155 Å². The molecule has 0 aliphatic rings. The average Bonchev–Trinajstić information content (AvgIpc) is 2.58. The summed E-state index contributed by atoms with van der Waals surface area (Å²) in [6.07, 6.45) is -2.87. The number of primary amides is 1. The summed E-state index contributed by atoms with van der Waals surface area (Å²) in [5.41, 5.74) is 9.91. The maximum absolute atomic E-state index is 12.7. The number of hydrogen-bond donors (Lipinski definition) is 4. The number of thioether (sulfide) groups is 1. The van der Waals surface area contributed by atoms with Crippen LogP contribution in [0.3, 0.4) is 0 Å². The van der Waals surface area contributed by atoms with E-state index in [2.05, 4.69) is 20.6 Å². The monoisotopic (exact) mass is 400 g/mol. The van der Waals surface area contributed by atoms with Crippen molar-refractivity contribution in [3.8, 4) is 0 Å². The SMILES string of the molecule is CSc1nc(N)nc(NCC(=O)Nc2cccc(C(F)(F)F)c2)c1C(N)=O. The number of nitrogens with zero attached hydrogens (tertiary/aromatic N) is 2. The zero-order chi connectivity index (χ0) is 20.2. The third kappa shape index (κ3) is 5.23. The first-order valence-corrected chi connectivity index (χ1v) is 8.56. The van der Waals surface area contributed by atoms with Gasteiger partial charge in [-0.3, -0.25) is 9.59 Å². The summed E-state index contributed by atoms with van der Waals surface area (Å²) in [4.78, 5) is 31.4. The number of amides is 2. The van der Waals surface area contributed by atoms with Gasteiger partial charge in [0.05, 0.1) is 12.1 Å². The molecule has 2 amide bonds. The van der Waals surface area contributed by atoms with E-state index in [0.29, 0.717) is 0 Å². The summed E-state index contributed by atoms with van der Waals surface area (Å²) in [5.74, 6) is -1.66. The molecule has 0 saturated carbocycles. The van der Waals surface area contributed by atoms with Gasteiger partial charge in [0.2, 0.25) is 11.9 Å². The molecular formula is C15H15F3N6O2S. The van der Waals surface area contributed by atoms with E-state index >= 15 is 0 Å². The van der Waals surface area contributed by atoms with E-state index in [9.17, 15) is 22.8 Å². The van der Waals surface area contributed by atoms with Crippen molar-refractivity contribution in [3.05, 3.63) is 35.4 Å². The highest BCUT2D eigenvalue weighted by Crippen LogP contribution is 2.30. The predicted molar refractivity (Wildman–Crippen MR) is 95.3 cm³/mol. The van der Waals surface area contributed by atoms with E-state index in [-0.39, 0.29) is 34.6 Å². The van der Waals surface area contributed by atoms with Crippen molar-refractivity contribution >= 4 is 41.0 Å². The lowest BCUT2D eigenvalue weighted by atomic mass is 10.2. The largest absolute Gasteiger partial charge is 0.416 e. The van der Waals surface area contributed by atoms with Gasteiger partial charge in [0, 0.05) is 5.69 Å². The van der Waals surface area contributed by atoms with Gasteiger partial charge in [-0.1, -0.05) is 6.07 Å². The zero-order valence-corrected chi connectivity index (χ0v) is 14.7. The first-order valence-electron chi connectivity index (χ1n) is 7.34. The zero-order valence-electron chi connectivity index (χ0n) is 13.9. The molecule has 6 N–H and O–H groups in total. The molecular weight excluding hydrogens is 385 g/mol. The number of carbonyl (C=O) groups is 2. The molecule has 0 spiro atoms. The number of carbonyl (C=O) groups excluding carboxylic acids is 2. The molecule has 27 heavy (non-hydrogen) atoms. The van der Waals surface area contributed by atoms with Gasteiger partial charge in [-0.25, -0.2) is 4.98 Å². The van der Waals surface area contributed by atoms with Crippen LogP contribution in [0.1, 0.15) is 15.9 Å². The summed E-state index contributed by atoms with van der Waals surface area (Å²) in [6.45, 7) is -0.388. The first-order chi connectivity index (χ1) is 12.6. The number of nitrogen functional groups attached to an aromatic ring is 1. The number of rotatable bonds is 6. The molecule has 8 nitrogen and oxygen atoms in total. The highest BCUT2D eigenvalue weighted by atomic mass is 32.2. The van der Waals surface area contributed by atoms with Crippen LogP contribution >= 0.6 is 11.8 Å². The van der Waals surface area contributed by atoms with Gasteiger partial charge in [-0.05, 0) is 24.5 Å². The Hall–Kier alpha value is -3.02. The minimum Gasteiger partial charge on any atom is -0.368 e. The van der Waals surface area contributed by atoms with Crippen LogP contribution in [0.25, 0.3) is 0 Å². The molecule has 0 aliphatic carbocycles. The van der Waals surface area contributed by atoms with Gasteiger partial charge in [-0.15, -0.1) is 11.8 Å². The van der Waals surface area contributed by atoms with Gasteiger partial charge in [-0.2, -0.15) is 18.2 Å². The van der Waals surface area contributed by atoms with Crippen LogP contribution in [-0.4, -0.2) is 34.6 Å².